The zero-order valence-electron chi connectivity index (χ0n) is 19.5. The van der Waals surface area contributed by atoms with Crippen LogP contribution in [0.3, 0.4) is 0 Å². The minimum Gasteiger partial charge on any atom is -0.550 e. The number of carboxylic acid groups (broad SMARTS) is 1. The van der Waals surface area contributed by atoms with Crippen molar-refractivity contribution in [2.45, 2.75) is 125 Å². The quantitative estimate of drug-likeness (QED) is 0.211. The Morgan fingerprint density at radius 3 is 1.07 bits per heavy atom. The zero-order valence-corrected chi connectivity index (χ0v) is 19.5. The average Bonchev–Trinajstić information content (AvgIpc) is 2.68. The molecule has 0 amide bonds. The van der Waals surface area contributed by atoms with Gasteiger partial charge in [0.1, 0.15) is 0 Å². The lowest BCUT2D eigenvalue weighted by atomic mass is 10.0. The van der Waals surface area contributed by atoms with Gasteiger partial charge in [0, 0.05) is 5.97 Å². The van der Waals surface area contributed by atoms with Crippen LogP contribution in [0.25, 0.3) is 0 Å². The first kappa shape index (κ1) is 28.6. The summed E-state index contributed by atoms with van der Waals surface area (Å²) in [6, 6.07) is 0. The standard InChI is InChI=1S/C16H32O2.C8H20N/c1-2-3-4-5-6-7-8-9-10-11-12-13-14-15-16(17)18;1-5-9(6-2,7-3)8-4/h2-15H2,1H3,(H,17,18);5-8H2,1-4H3/q;+1/p-1. The van der Waals surface area contributed by atoms with Crippen LogP contribution in [0, 0.1) is 0 Å². The van der Waals surface area contributed by atoms with E-state index in [1.165, 1.54) is 101 Å². The fourth-order valence-electron chi connectivity index (χ4n) is 3.63. The van der Waals surface area contributed by atoms with Gasteiger partial charge in [-0.25, -0.2) is 0 Å². The molecule has 0 aliphatic rings. The normalized spacial score (nSPS) is 11.1. The van der Waals surface area contributed by atoms with Crippen LogP contribution in [0.2, 0.25) is 0 Å². The Balaban J connectivity index is 0. The summed E-state index contributed by atoms with van der Waals surface area (Å²) < 4.78 is 1.28. The molecule has 0 bridgehead atoms. The number of hydrogen-bond acceptors (Lipinski definition) is 2. The van der Waals surface area contributed by atoms with Crippen molar-refractivity contribution in [1.29, 1.82) is 0 Å². The van der Waals surface area contributed by atoms with Crippen molar-refractivity contribution in [3.05, 3.63) is 0 Å². The molecule has 27 heavy (non-hydrogen) atoms. The number of rotatable bonds is 18. The number of carboxylic acids is 1. The molecule has 3 heteroatoms. The van der Waals surface area contributed by atoms with Gasteiger partial charge in [0.05, 0.1) is 26.2 Å². The topological polar surface area (TPSA) is 40.1 Å². The van der Waals surface area contributed by atoms with E-state index in [1.54, 1.807) is 0 Å². The summed E-state index contributed by atoms with van der Waals surface area (Å²) in [4.78, 5) is 10.2. The van der Waals surface area contributed by atoms with Gasteiger partial charge in [-0.15, -0.1) is 0 Å². The molecule has 0 heterocycles. The van der Waals surface area contributed by atoms with Gasteiger partial charge < -0.3 is 14.4 Å². The third-order valence-corrected chi connectivity index (χ3v) is 6.17. The molecule has 0 rings (SSSR count). The maximum atomic E-state index is 10.2. The molecule has 0 saturated carbocycles. The van der Waals surface area contributed by atoms with E-state index >= 15 is 0 Å². The monoisotopic (exact) mass is 385 g/mol. The van der Waals surface area contributed by atoms with Crippen molar-refractivity contribution >= 4 is 5.97 Å². The van der Waals surface area contributed by atoms with Gasteiger partial charge in [-0.2, -0.15) is 0 Å². The summed E-state index contributed by atoms with van der Waals surface area (Å²) in [5.41, 5.74) is 0. The maximum absolute atomic E-state index is 10.2. The SMILES string of the molecule is CCCCCCCCCCCCCCCC(=O)[O-].CC[N+](CC)(CC)CC. The first-order valence-corrected chi connectivity index (χ1v) is 12.1. The van der Waals surface area contributed by atoms with Gasteiger partial charge in [-0.1, -0.05) is 84.0 Å². The highest BCUT2D eigenvalue weighted by molar-refractivity contribution is 5.63. The summed E-state index contributed by atoms with van der Waals surface area (Å²) in [5, 5.41) is 10.2. The number of nitrogens with zero attached hydrogens (tertiary/aromatic N) is 1. The fourth-order valence-corrected chi connectivity index (χ4v) is 3.63. The number of carbonyl (C=O) groups excluding carboxylic acids is 1. The smallest absolute Gasteiger partial charge is 0.0757 e. The molecule has 0 aromatic heterocycles. The summed E-state index contributed by atoms with van der Waals surface area (Å²) in [7, 11) is 0. The number of hydrogen-bond donors (Lipinski definition) is 0. The molecular weight excluding hydrogens is 334 g/mol. The van der Waals surface area contributed by atoms with Crippen molar-refractivity contribution in [2.24, 2.45) is 0 Å². The van der Waals surface area contributed by atoms with E-state index in [9.17, 15) is 9.90 Å². The maximum Gasteiger partial charge on any atom is 0.0757 e. The van der Waals surface area contributed by atoms with E-state index in [1.807, 2.05) is 0 Å². The molecular formula is C24H51NO2. The van der Waals surface area contributed by atoms with Crippen molar-refractivity contribution in [3.63, 3.8) is 0 Å². The van der Waals surface area contributed by atoms with Gasteiger partial charge >= 0.3 is 0 Å². The Morgan fingerprint density at radius 1 is 0.556 bits per heavy atom. The first-order valence-electron chi connectivity index (χ1n) is 12.1. The van der Waals surface area contributed by atoms with Gasteiger partial charge in [0.25, 0.3) is 0 Å². The molecule has 0 saturated heterocycles. The number of carbonyl (C=O) groups is 1. The molecule has 0 aliphatic carbocycles. The number of quaternary nitrogens is 1. The molecule has 0 aromatic rings. The first-order chi connectivity index (χ1) is 13.0. The highest BCUT2D eigenvalue weighted by Crippen LogP contribution is 2.12. The van der Waals surface area contributed by atoms with Crippen molar-refractivity contribution in [2.75, 3.05) is 26.2 Å². The Hall–Kier alpha value is -0.570. The number of unbranched alkanes of at least 4 members (excludes halogenated alkanes) is 12. The minimum atomic E-state index is -0.905. The number of aliphatic carboxylic acids is 1. The lowest BCUT2D eigenvalue weighted by Crippen LogP contribution is -2.47. The zero-order chi connectivity index (χ0) is 20.8. The average molecular weight is 386 g/mol. The van der Waals surface area contributed by atoms with E-state index < -0.39 is 5.97 Å². The summed E-state index contributed by atoms with van der Waals surface area (Å²) >= 11 is 0. The van der Waals surface area contributed by atoms with E-state index in [0.29, 0.717) is 0 Å². The molecule has 0 aromatic carbocycles. The second-order valence-corrected chi connectivity index (χ2v) is 7.97. The molecule has 0 fully saturated rings. The van der Waals surface area contributed by atoms with E-state index in [2.05, 4.69) is 34.6 Å². The van der Waals surface area contributed by atoms with Crippen LogP contribution < -0.4 is 5.11 Å². The summed E-state index contributed by atoms with van der Waals surface area (Å²) in [5.74, 6) is -0.905. The molecule has 0 unspecified atom stereocenters. The molecule has 0 spiro atoms. The van der Waals surface area contributed by atoms with E-state index in [-0.39, 0.29) is 6.42 Å². The van der Waals surface area contributed by atoms with Gasteiger partial charge in [-0.05, 0) is 40.5 Å². The molecule has 164 valence electrons. The second-order valence-electron chi connectivity index (χ2n) is 7.97. The van der Waals surface area contributed by atoms with E-state index in [0.717, 1.165) is 12.8 Å². The molecule has 3 nitrogen and oxygen atoms in total. The highest BCUT2D eigenvalue weighted by atomic mass is 16.4. The Bertz CT molecular complexity index is 283. The van der Waals surface area contributed by atoms with Crippen LogP contribution in [0.4, 0.5) is 0 Å². The lowest BCUT2D eigenvalue weighted by Gasteiger charge is -2.34. The van der Waals surface area contributed by atoms with Crippen LogP contribution in [-0.2, 0) is 4.79 Å². The predicted octanol–water partition coefficient (Wildman–Crippen LogP) is 6.10. The van der Waals surface area contributed by atoms with Crippen LogP contribution >= 0.6 is 0 Å². The molecule has 0 atom stereocenters. The second kappa shape index (κ2) is 21.7. The van der Waals surface area contributed by atoms with Crippen molar-refractivity contribution < 1.29 is 14.4 Å². The Labute approximate surface area is 171 Å². The summed E-state index contributed by atoms with van der Waals surface area (Å²) in [6.45, 7) is 16.5. The molecule has 0 aliphatic heterocycles. The Kier molecular flexibility index (Phi) is 23.0. The fraction of sp³-hybridized carbons (Fsp3) is 0.958. The largest absolute Gasteiger partial charge is 0.550 e. The lowest BCUT2D eigenvalue weighted by molar-refractivity contribution is -0.921. The summed E-state index contributed by atoms with van der Waals surface area (Å²) in [6.07, 6.45) is 16.9. The van der Waals surface area contributed by atoms with Crippen molar-refractivity contribution in [1.82, 2.24) is 0 Å². The van der Waals surface area contributed by atoms with Gasteiger partial charge in [0.15, 0.2) is 0 Å². The van der Waals surface area contributed by atoms with Crippen LogP contribution in [-0.4, -0.2) is 36.6 Å². The predicted molar refractivity (Wildman–Crippen MR) is 118 cm³/mol. The third-order valence-electron chi connectivity index (χ3n) is 6.17. The molecule has 0 N–H and O–H groups in total. The highest BCUT2D eigenvalue weighted by Gasteiger charge is 2.16. The Morgan fingerprint density at radius 2 is 0.852 bits per heavy atom. The van der Waals surface area contributed by atoms with Crippen LogP contribution in [0.15, 0.2) is 0 Å². The molecule has 0 radical (unpaired) electrons. The van der Waals surface area contributed by atoms with Crippen molar-refractivity contribution in [3.8, 4) is 0 Å². The third kappa shape index (κ3) is 20.0. The van der Waals surface area contributed by atoms with Gasteiger partial charge in [0.2, 0.25) is 0 Å². The van der Waals surface area contributed by atoms with Gasteiger partial charge in [-0.3, -0.25) is 0 Å². The minimum absolute atomic E-state index is 0.234. The van der Waals surface area contributed by atoms with Crippen LogP contribution in [0.5, 0.6) is 0 Å². The van der Waals surface area contributed by atoms with E-state index in [4.69, 9.17) is 0 Å². The van der Waals surface area contributed by atoms with Crippen LogP contribution in [0.1, 0.15) is 125 Å².